The molecule has 0 bridgehead atoms. The lowest BCUT2D eigenvalue weighted by Crippen LogP contribution is -2.16. The van der Waals surface area contributed by atoms with Gasteiger partial charge < -0.3 is 10.5 Å². The number of nitrogens with two attached hydrogens (primary N) is 1. The second-order valence-electron chi connectivity index (χ2n) is 4.23. The molecule has 2 heterocycles. The number of methoxy groups -OCH3 is 1. The number of carbonyl (C=O) groups is 1. The quantitative estimate of drug-likeness (QED) is 0.722. The van der Waals surface area contributed by atoms with Crippen LogP contribution >= 0.6 is 11.6 Å². The number of amides is 1. The highest BCUT2D eigenvalue weighted by Gasteiger charge is 2.18. The average Bonchev–Trinajstić information content (AvgIpc) is 2.80. The topological polar surface area (TPSA) is 119 Å². The summed E-state index contributed by atoms with van der Waals surface area (Å²) >= 11 is 5.81. The lowest BCUT2D eigenvalue weighted by atomic mass is 10.2. The molecule has 0 radical (unpaired) electrons. The molecule has 2 rings (SSSR count). The molecule has 0 atom stereocenters. The number of ether oxygens (including phenoxy) is 1. The number of aromatic amines is 1. The molecule has 0 aliphatic carbocycles. The van der Waals surface area contributed by atoms with Gasteiger partial charge in [0.1, 0.15) is 5.15 Å². The molecule has 0 saturated heterocycles. The number of rotatable bonds is 5. The first-order chi connectivity index (χ1) is 10.0. The van der Waals surface area contributed by atoms with E-state index in [9.17, 15) is 4.79 Å². The molecule has 2 aromatic heterocycles. The van der Waals surface area contributed by atoms with Crippen molar-refractivity contribution in [1.82, 2.24) is 20.2 Å². The van der Waals surface area contributed by atoms with Crippen molar-refractivity contribution in [3.8, 4) is 5.88 Å². The number of aromatic nitrogens is 4. The monoisotopic (exact) mass is 310 g/mol. The van der Waals surface area contributed by atoms with Crippen molar-refractivity contribution in [3.63, 3.8) is 0 Å². The molecular formula is C12H15ClN6O2. The Bertz CT molecular complexity index is 657. The summed E-state index contributed by atoms with van der Waals surface area (Å²) in [5.74, 6) is -0.258. The number of carbonyl (C=O) groups excluding carboxylic acids is 1. The summed E-state index contributed by atoms with van der Waals surface area (Å²) in [6, 6.07) is 1.43. The SMILES string of the molecule is CCCc1[nH]nc(C(=O)Nc2nc(Cl)cc(OC)n2)c1N. The summed E-state index contributed by atoms with van der Waals surface area (Å²) in [7, 11) is 1.44. The number of nitrogens with zero attached hydrogens (tertiary/aromatic N) is 3. The number of anilines is 2. The molecule has 0 aliphatic heterocycles. The van der Waals surface area contributed by atoms with Crippen molar-refractivity contribution >= 4 is 29.1 Å². The van der Waals surface area contributed by atoms with Crippen LogP contribution in [-0.2, 0) is 6.42 Å². The highest BCUT2D eigenvalue weighted by Crippen LogP contribution is 2.19. The van der Waals surface area contributed by atoms with E-state index in [2.05, 4.69) is 25.5 Å². The zero-order valence-corrected chi connectivity index (χ0v) is 12.4. The first-order valence-electron chi connectivity index (χ1n) is 6.27. The fourth-order valence-corrected chi connectivity index (χ4v) is 1.89. The van der Waals surface area contributed by atoms with E-state index >= 15 is 0 Å². The Labute approximate surface area is 126 Å². The number of aryl methyl sites for hydroxylation is 1. The van der Waals surface area contributed by atoms with Gasteiger partial charge in [-0.25, -0.2) is 4.98 Å². The predicted molar refractivity (Wildman–Crippen MR) is 78.5 cm³/mol. The number of nitrogen functional groups attached to an aromatic ring is 1. The number of halogens is 1. The van der Waals surface area contributed by atoms with Crippen LogP contribution in [0.25, 0.3) is 0 Å². The number of nitrogens with one attached hydrogen (secondary N) is 2. The van der Waals surface area contributed by atoms with Gasteiger partial charge in [0.25, 0.3) is 5.91 Å². The molecule has 0 aromatic carbocycles. The smallest absolute Gasteiger partial charge is 0.280 e. The van der Waals surface area contributed by atoms with Crippen LogP contribution in [0.2, 0.25) is 5.15 Å². The summed E-state index contributed by atoms with van der Waals surface area (Å²) in [4.78, 5) is 20.0. The summed E-state index contributed by atoms with van der Waals surface area (Å²) in [6.07, 6.45) is 1.61. The van der Waals surface area contributed by atoms with E-state index in [0.717, 1.165) is 12.1 Å². The van der Waals surface area contributed by atoms with Crippen molar-refractivity contribution in [2.75, 3.05) is 18.2 Å². The molecule has 1 amide bonds. The molecule has 0 spiro atoms. The first kappa shape index (κ1) is 15.0. The molecule has 112 valence electrons. The second-order valence-corrected chi connectivity index (χ2v) is 4.61. The standard InChI is InChI=1S/C12H15ClN6O2/c1-3-4-6-9(14)10(19-18-6)11(20)17-12-15-7(13)5-8(16-12)21-2/h5H,3-4,14H2,1-2H3,(H,18,19)(H,15,16,17,20). The number of hydrogen-bond acceptors (Lipinski definition) is 6. The van der Waals surface area contributed by atoms with Gasteiger partial charge in [-0.3, -0.25) is 15.2 Å². The first-order valence-corrected chi connectivity index (χ1v) is 6.65. The third-order valence-corrected chi connectivity index (χ3v) is 2.90. The van der Waals surface area contributed by atoms with Gasteiger partial charge in [0, 0.05) is 6.07 Å². The highest BCUT2D eigenvalue weighted by molar-refractivity contribution is 6.29. The molecule has 0 fully saturated rings. The Kier molecular flexibility index (Phi) is 4.59. The van der Waals surface area contributed by atoms with Crippen molar-refractivity contribution in [2.45, 2.75) is 19.8 Å². The van der Waals surface area contributed by atoms with E-state index in [0.29, 0.717) is 12.1 Å². The maximum atomic E-state index is 12.1. The minimum atomic E-state index is -0.518. The van der Waals surface area contributed by atoms with Gasteiger partial charge >= 0.3 is 0 Å². The van der Waals surface area contributed by atoms with Crippen LogP contribution in [0, 0.1) is 0 Å². The average molecular weight is 311 g/mol. The molecule has 0 saturated carbocycles. The maximum Gasteiger partial charge on any atom is 0.280 e. The van der Waals surface area contributed by atoms with Gasteiger partial charge in [0.2, 0.25) is 11.8 Å². The van der Waals surface area contributed by atoms with Crippen LogP contribution in [0.15, 0.2) is 6.07 Å². The Morgan fingerprint density at radius 1 is 1.52 bits per heavy atom. The number of H-pyrrole nitrogens is 1. The van der Waals surface area contributed by atoms with Crippen LogP contribution in [-0.4, -0.2) is 33.2 Å². The lowest BCUT2D eigenvalue weighted by molar-refractivity contribution is 0.102. The van der Waals surface area contributed by atoms with Gasteiger partial charge in [-0.05, 0) is 6.42 Å². The fourth-order valence-electron chi connectivity index (χ4n) is 1.72. The van der Waals surface area contributed by atoms with Gasteiger partial charge in [0.05, 0.1) is 18.5 Å². The third kappa shape index (κ3) is 3.40. The fraction of sp³-hybridized carbons (Fsp3) is 0.333. The van der Waals surface area contributed by atoms with Crippen LogP contribution in [0.3, 0.4) is 0 Å². The van der Waals surface area contributed by atoms with E-state index in [4.69, 9.17) is 22.1 Å². The summed E-state index contributed by atoms with van der Waals surface area (Å²) in [5.41, 5.74) is 7.03. The minimum absolute atomic E-state index is 0.0174. The minimum Gasteiger partial charge on any atom is -0.481 e. The van der Waals surface area contributed by atoms with Gasteiger partial charge in [0.15, 0.2) is 5.69 Å². The normalized spacial score (nSPS) is 10.4. The molecule has 9 heteroatoms. The molecule has 0 unspecified atom stereocenters. The third-order valence-electron chi connectivity index (χ3n) is 2.70. The van der Waals surface area contributed by atoms with Gasteiger partial charge in [-0.2, -0.15) is 10.1 Å². The van der Waals surface area contributed by atoms with Crippen LogP contribution in [0.5, 0.6) is 5.88 Å². The van der Waals surface area contributed by atoms with Gasteiger partial charge in [-0.15, -0.1) is 0 Å². The molecule has 0 aliphatic rings. The zero-order chi connectivity index (χ0) is 15.4. The Hall–Kier alpha value is -2.35. The van der Waals surface area contributed by atoms with Crippen molar-refractivity contribution in [3.05, 3.63) is 22.6 Å². The molecule has 8 nitrogen and oxygen atoms in total. The van der Waals surface area contributed by atoms with Crippen molar-refractivity contribution in [1.29, 1.82) is 0 Å². The summed E-state index contributed by atoms with van der Waals surface area (Å²) in [5, 5.41) is 9.30. The van der Waals surface area contributed by atoms with E-state index in [1.165, 1.54) is 13.2 Å². The zero-order valence-electron chi connectivity index (χ0n) is 11.6. The molecular weight excluding hydrogens is 296 g/mol. The Morgan fingerprint density at radius 3 is 2.95 bits per heavy atom. The van der Waals surface area contributed by atoms with Crippen LogP contribution in [0.4, 0.5) is 11.6 Å². The predicted octanol–water partition coefficient (Wildman–Crippen LogP) is 1.65. The van der Waals surface area contributed by atoms with Crippen LogP contribution < -0.4 is 15.8 Å². The summed E-state index contributed by atoms with van der Waals surface area (Å²) in [6.45, 7) is 2.01. The van der Waals surface area contributed by atoms with Gasteiger partial charge in [-0.1, -0.05) is 24.9 Å². The molecule has 21 heavy (non-hydrogen) atoms. The van der Waals surface area contributed by atoms with Crippen molar-refractivity contribution < 1.29 is 9.53 Å². The van der Waals surface area contributed by atoms with E-state index in [1.54, 1.807) is 0 Å². The maximum absolute atomic E-state index is 12.1. The lowest BCUT2D eigenvalue weighted by Gasteiger charge is -2.05. The number of hydrogen-bond donors (Lipinski definition) is 3. The highest BCUT2D eigenvalue weighted by atomic mass is 35.5. The van der Waals surface area contributed by atoms with Crippen molar-refractivity contribution in [2.24, 2.45) is 0 Å². The van der Waals surface area contributed by atoms with Crippen LogP contribution in [0.1, 0.15) is 29.5 Å². The summed E-state index contributed by atoms with van der Waals surface area (Å²) < 4.78 is 4.95. The molecule has 4 N–H and O–H groups in total. The Balaban J connectivity index is 2.20. The van der Waals surface area contributed by atoms with E-state index in [-0.39, 0.29) is 22.7 Å². The molecule has 2 aromatic rings. The second kappa shape index (κ2) is 6.40. The van der Waals surface area contributed by atoms with E-state index in [1.807, 2.05) is 6.92 Å². The Morgan fingerprint density at radius 2 is 2.29 bits per heavy atom. The largest absolute Gasteiger partial charge is 0.481 e. The van der Waals surface area contributed by atoms with E-state index < -0.39 is 5.91 Å².